The van der Waals surface area contributed by atoms with Gasteiger partial charge in [-0.15, -0.1) is 0 Å². The molecule has 1 aromatic rings. The molecule has 0 aromatic carbocycles. The van der Waals surface area contributed by atoms with Crippen LogP contribution in [0.3, 0.4) is 0 Å². The van der Waals surface area contributed by atoms with Gasteiger partial charge in [-0.05, 0) is 69.9 Å². The molecule has 0 spiro atoms. The van der Waals surface area contributed by atoms with Gasteiger partial charge in [-0.2, -0.15) is 0 Å². The number of nitrogens with one attached hydrogen (secondary N) is 1. The molecule has 194 valence electrons. The molecule has 5 heteroatoms. The van der Waals surface area contributed by atoms with E-state index in [2.05, 4.69) is 78.0 Å². The molecule has 1 N–H and O–H groups in total. The molecule has 0 radical (unpaired) electrons. The minimum absolute atomic E-state index is 0.0896. The Morgan fingerprint density at radius 1 is 0.972 bits per heavy atom. The second kappa shape index (κ2) is 19.0. The van der Waals surface area contributed by atoms with Crippen LogP contribution < -0.4 is 5.32 Å². The largest absolute Gasteiger partial charge is 0.350 e. The summed E-state index contributed by atoms with van der Waals surface area (Å²) in [6, 6.07) is 3.58. The van der Waals surface area contributed by atoms with E-state index in [1.54, 1.807) is 24.5 Å². The van der Waals surface area contributed by atoms with Gasteiger partial charge in [0.1, 0.15) is 0 Å². The van der Waals surface area contributed by atoms with Gasteiger partial charge in [0.15, 0.2) is 0 Å². The molecule has 1 aliphatic heterocycles. The first-order valence-electron chi connectivity index (χ1n) is 13.4. The molecule has 1 atom stereocenters. The number of likely N-dealkylation sites (tertiary alicyclic amines) is 1. The van der Waals surface area contributed by atoms with Crippen LogP contribution in [-0.4, -0.2) is 40.8 Å². The zero-order valence-corrected chi connectivity index (χ0v) is 21.9. The summed E-state index contributed by atoms with van der Waals surface area (Å²) in [5.74, 6) is 0.0567. The Labute approximate surface area is 217 Å². The summed E-state index contributed by atoms with van der Waals surface area (Å²) >= 11 is 0. The second-order valence-electron chi connectivity index (χ2n) is 8.94. The van der Waals surface area contributed by atoms with Crippen LogP contribution in [-0.2, 0) is 4.79 Å². The lowest BCUT2D eigenvalue weighted by atomic mass is 10.1. The number of rotatable bonds is 16. The van der Waals surface area contributed by atoms with Crippen molar-refractivity contribution in [2.24, 2.45) is 0 Å². The van der Waals surface area contributed by atoms with Crippen LogP contribution in [0.5, 0.6) is 0 Å². The van der Waals surface area contributed by atoms with Crippen molar-refractivity contribution in [2.45, 2.75) is 77.2 Å². The predicted octanol–water partition coefficient (Wildman–Crippen LogP) is 6.72. The maximum atomic E-state index is 12.7. The number of unbranched alkanes of at least 4 members (excludes halogenated alkanes) is 1. The number of aromatic nitrogens is 1. The third kappa shape index (κ3) is 12.5. The molecule has 0 aliphatic carbocycles. The standard InChI is InChI=1S/C31H43N3O2/c1-2-3-4-5-6-7-8-9-10-11-12-13-14-15-16-17-18-23-30(35)34-25-20-22-29(34)27-33-31(36)28-21-19-24-32-26-28/h3-4,6-7,9-10,12-13,15-16,19,21,24,26,29H,2,5,8,11,14,17-18,20,22-23,25,27H2,1H3,(H,33,36)/t29-/m0/s1. The zero-order valence-electron chi connectivity index (χ0n) is 21.9. The molecule has 5 nitrogen and oxygen atoms in total. The van der Waals surface area contributed by atoms with Gasteiger partial charge < -0.3 is 10.2 Å². The number of amides is 2. The van der Waals surface area contributed by atoms with Crippen molar-refractivity contribution in [2.75, 3.05) is 13.1 Å². The number of hydrogen-bond acceptors (Lipinski definition) is 3. The SMILES string of the molecule is CCC=CCC=CCC=CCC=CCC=CCCCC(=O)N1CCC[C@H]1CNC(=O)c1cccnc1. The van der Waals surface area contributed by atoms with E-state index in [4.69, 9.17) is 0 Å². The van der Waals surface area contributed by atoms with Crippen LogP contribution in [0, 0.1) is 0 Å². The number of nitrogens with zero attached hydrogens (tertiary/aromatic N) is 2. The van der Waals surface area contributed by atoms with E-state index in [0.717, 1.165) is 64.3 Å². The molecule has 0 unspecified atom stereocenters. The summed E-state index contributed by atoms with van der Waals surface area (Å²) in [7, 11) is 0. The third-order valence-electron chi connectivity index (χ3n) is 6.04. The first-order valence-corrected chi connectivity index (χ1v) is 13.4. The fourth-order valence-electron chi connectivity index (χ4n) is 4.07. The quantitative estimate of drug-likeness (QED) is 0.207. The van der Waals surface area contributed by atoms with E-state index in [1.165, 1.54) is 0 Å². The molecule has 2 amide bonds. The number of allylic oxidation sites excluding steroid dienone is 10. The van der Waals surface area contributed by atoms with Crippen LogP contribution in [0.4, 0.5) is 0 Å². The van der Waals surface area contributed by atoms with Gasteiger partial charge in [-0.25, -0.2) is 0 Å². The fourth-order valence-corrected chi connectivity index (χ4v) is 4.07. The number of carbonyl (C=O) groups excluding carboxylic acids is 2. The molecule has 36 heavy (non-hydrogen) atoms. The van der Waals surface area contributed by atoms with Gasteiger partial charge in [-0.3, -0.25) is 14.6 Å². The summed E-state index contributed by atoms with van der Waals surface area (Å²) in [4.78, 5) is 30.9. The molecule has 1 aliphatic rings. The summed E-state index contributed by atoms with van der Waals surface area (Å²) in [5, 5.41) is 2.95. The Bertz CT molecular complexity index is 900. The fraction of sp³-hybridized carbons (Fsp3) is 0.452. The van der Waals surface area contributed by atoms with Crippen molar-refractivity contribution < 1.29 is 9.59 Å². The lowest BCUT2D eigenvalue weighted by Gasteiger charge is -2.25. The Morgan fingerprint density at radius 2 is 1.61 bits per heavy atom. The first kappa shape index (κ1) is 29.0. The summed E-state index contributed by atoms with van der Waals surface area (Å²) in [5.41, 5.74) is 0.547. The predicted molar refractivity (Wildman–Crippen MR) is 150 cm³/mol. The average molecular weight is 490 g/mol. The van der Waals surface area contributed by atoms with Crippen molar-refractivity contribution in [3.05, 3.63) is 90.9 Å². The second-order valence-corrected chi connectivity index (χ2v) is 8.94. The Morgan fingerprint density at radius 3 is 2.22 bits per heavy atom. The van der Waals surface area contributed by atoms with Gasteiger partial charge in [0.05, 0.1) is 5.56 Å². The Balaban J connectivity index is 1.53. The van der Waals surface area contributed by atoms with E-state index < -0.39 is 0 Å². The minimum Gasteiger partial charge on any atom is -0.350 e. The van der Waals surface area contributed by atoms with Crippen molar-refractivity contribution >= 4 is 11.8 Å². The van der Waals surface area contributed by atoms with Gasteiger partial charge >= 0.3 is 0 Å². The van der Waals surface area contributed by atoms with Gasteiger partial charge in [0.2, 0.25) is 5.91 Å². The number of pyridine rings is 1. The lowest BCUT2D eigenvalue weighted by Crippen LogP contribution is -2.43. The molecule has 0 saturated carbocycles. The maximum absolute atomic E-state index is 12.7. The van der Waals surface area contributed by atoms with Crippen LogP contribution in [0.2, 0.25) is 0 Å². The summed E-state index contributed by atoms with van der Waals surface area (Å²) in [6.45, 7) is 3.43. The molecular formula is C31H43N3O2. The van der Waals surface area contributed by atoms with E-state index in [-0.39, 0.29) is 17.9 Å². The van der Waals surface area contributed by atoms with Gasteiger partial charge in [0, 0.05) is 37.9 Å². The van der Waals surface area contributed by atoms with Crippen LogP contribution in [0.25, 0.3) is 0 Å². The molecule has 0 bridgehead atoms. The highest BCUT2D eigenvalue weighted by molar-refractivity contribution is 5.93. The van der Waals surface area contributed by atoms with E-state index in [0.29, 0.717) is 18.5 Å². The van der Waals surface area contributed by atoms with Crippen molar-refractivity contribution in [3.63, 3.8) is 0 Å². The van der Waals surface area contributed by atoms with E-state index in [1.807, 2.05) is 4.90 Å². The normalized spacial score (nSPS) is 16.5. The Kier molecular flexibility index (Phi) is 15.3. The molecule has 2 heterocycles. The maximum Gasteiger partial charge on any atom is 0.252 e. The summed E-state index contributed by atoms with van der Waals surface area (Å²) in [6.07, 6.45) is 34.4. The highest BCUT2D eigenvalue weighted by atomic mass is 16.2. The smallest absolute Gasteiger partial charge is 0.252 e. The Hall–Kier alpha value is -3.21. The number of hydrogen-bond donors (Lipinski definition) is 1. The third-order valence-corrected chi connectivity index (χ3v) is 6.04. The van der Waals surface area contributed by atoms with E-state index >= 15 is 0 Å². The van der Waals surface area contributed by atoms with E-state index in [9.17, 15) is 9.59 Å². The minimum atomic E-state index is -0.138. The van der Waals surface area contributed by atoms with Crippen LogP contribution in [0.1, 0.15) is 81.5 Å². The first-order chi connectivity index (χ1) is 17.7. The topological polar surface area (TPSA) is 62.3 Å². The van der Waals surface area contributed by atoms with Crippen molar-refractivity contribution in [1.82, 2.24) is 15.2 Å². The van der Waals surface area contributed by atoms with Gasteiger partial charge in [0.25, 0.3) is 5.91 Å². The van der Waals surface area contributed by atoms with Crippen molar-refractivity contribution in [3.8, 4) is 0 Å². The zero-order chi connectivity index (χ0) is 25.7. The van der Waals surface area contributed by atoms with Gasteiger partial charge in [-0.1, -0.05) is 67.7 Å². The highest BCUT2D eigenvalue weighted by Crippen LogP contribution is 2.18. The molecule has 1 aromatic heterocycles. The van der Waals surface area contributed by atoms with Crippen LogP contribution >= 0.6 is 0 Å². The average Bonchev–Trinajstić information content (AvgIpc) is 3.38. The summed E-state index contributed by atoms with van der Waals surface area (Å²) < 4.78 is 0. The van der Waals surface area contributed by atoms with Crippen LogP contribution in [0.15, 0.2) is 85.3 Å². The van der Waals surface area contributed by atoms with Crippen molar-refractivity contribution in [1.29, 1.82) is 0 Å². The molecule has 1 saturated heterocycles. The molecule has 1 fully saturated rings. The molecular weight excluding hydrogens is 446 g/mol. The molecule has 2 rings (SSSR count). The monoisotopic (exact) mass is 489 g/mol. The highest BCUT2D eigenvalue weighted by Gasteiger charge is 2.28. The lowest BCUT2D eigenvalue weighted by molar-refractivity contribution is -0.132. The number of carbonyl (C=O) groups is 2.